The summed E-state index contributed by atoms with van der Waals surface area (Å²) in [5.41, 5.74) is -0.654. The Morgan fingerprint density at radius 2 is 1.96 bits per heavy atom. The maximum atomic E-state index is 12.5. The zero-order chi connectivity index (χ0) is 16.9. The molecule has 4 aliphatic rings. The van der Waals surface area contributed by atoms with Gasteiger partial charge in [-0.25, -0.2) is 0 Å². The molecule has 130 valence electrons. The van der Waals surface area contributed by atoms with E-state index in [0.29, 0.717) is 11.8 Å². The van der Waals surface area contributed by atoms with Gasteiger partial charge in [0.15, 0.2) is 0 Å². The number of hydrogen-bond acceptors (Lipinski definition) is 5. The molecule has 24 heavy (non-hydrogen) atoms. The van der Waals surface area contributed by atoms with E-state index in [2.05, 4.69) is 10.4 Å². The van der Waals surface area contributed by atoms with Crippen LogP contribution in [0, 0.1) is 33.8 Å². The summed E-state index contributed by atoms with van der Waals surface area (Å²) in [5, 5.41) is 27.8. The second kappa shape index (κ2) is 5.54. The molecule has 1 amide bonds. The molecule has 8 nitrogen and oxygen atoms in total. The highest BCUT2D eigenvalue weighted by Crippen LogP contribution is 2.58. The van der Waals surface area contributed by atoms with Gasteiger partial charge in [0.25, 0.3) is 0 Å². The lowest BCUT2D eigenvalue weighted by molar-refractivity contribution is -0.385. The maximum absolute atomic E-state index is 12.5. The van der Waals surface area contributed by atoms with Gasteiger partial charge >= 0.3 is 5.69 Å². The smallest absolute Gasteiger partial charge is 0.307 e. The van der Waals surface area contributed by atoms with Gasteiger partial charge in [-0.15, -0.1) is 0 Å². The first-order valence-electron chi connectivity index (χ1n) is 8.59. The summed E-state index contributed by atoms with van der Waals surface area (Å²) in [6.45, 7) is -0.103. The molecule has 4 aliphatic carbocycles. The molecule has 0 aliphatic heterocycles. The number of hydrogen-bond donors (Lipinski definition) is 2. The molecule has 0 radical (unpaired) electrons. The number of aromatic nitrogens is 2. The van der Waals surface area contributed by atoms with E-state index in [9.17, 15) is 20.0 Å². The molecular weight excluding hydrogens is 312 g/mol. The van der Waals surface area contributed by atoms with Gasteiger partial charge in [0.1, 0.15) is 18.9 Å². The molecule has 5 rings (SSSR count). The first-order chi connectivity index (χ1) is 11.5. The minimum Gasteiger partial charge on any atom is -0.394 e. The van der Waals surface area contributed by atoms with Gasteiger partial charge in [0, 0.05) is 0 Å². The average molecular weight is 334 g/mol. The Hall–Kier alpha value is -1.96. The van der Waals surface area contributed by atoms with Gasteiger partial charge in [-0.05, 0) is 55.8 Å². The molecule has 0 unspecified atom stereocenters. The molecule has 0 saturated heterocycles. The van der Waals surface area contributed by atoms with Gasteiger partial charge in [-0.1, -0.05) is 0 Å². The Labute approximate surface area is 139 Å². The van der Waals surface area contributed by atoms with E-state index in [-0.39, 0.29) is 24.7 Å². The average Bonchev–Trinajstić information content (AvgIpc) is 2.99. The minimum absolute atomic E-state index is 0.0350. The molecule has 1 heterocycles. The normalized spacial score (nSPS) is 36.7. The quantitative estimate of drug-likeness (QED) is 0.619. The van der Waals surface area contributed by atoms with Crippen LogP contribution in [0.4, 0.5) is 5.69 Å². The van der Waals surface area contributed by atoms with Crippen molar-refractivity contribution >= 4 is 11.6 Å². The second-order valence-corrected chi connectivity index (χ2v) is 7.70. The minimum atomic E-state index is -0.533. The summed E-state index contributed by atoms with van der Waals surface area (Å²) in [6.07, 6.45) is 8.03. The van der Waals surface area contributed by atoms with Gasteiger partial charge in [-0.2, -0.15) is 5.10 Å². The number of carbonyl (C=O) groups excluding carboxylic acids is 1. The number of nitrogens with zero attached hydrogens (tertiary/aromatic N) is 3. The van der Waals surface area contributed by atoms with Crippen LogP contribution in [0.15, 0.2) is 12.4 Å². The lowest BCUT2D eigenvalue weighted by Gasteiger charge is -2.60. The molecule has 0 atom stereocenters. The summed E-state index contributed by atoms with van der Waals surface area (Å²) in [5.74, 6) is 1.94. The molecule has 1 aromatic rings. The summed E-state index contributed by atoms with van der Waals surface area (Å²) in [4.78, 5) is 22.7. The fraction of sp³-hybridized carbons (Fsp3) is 0.750. The third kappa shape index (κ3) is 2.40. The van der Waals surface area contributed by atoms with E-state index in [1.165, 1.54) is 17.3 Å². The van der Waals surface area contributed by atoms with Crippen LogP contribution in [-0.4, -0.2) is 37.9 Å². The Morgan fingerprint density at radius 1 is 1.33 bits per heavy atom. The van der Waals surface area contributed by atoms with E-state index in [4.69, 9.17) is 0 Å². The second-order valence-electron chi connectivity index (χ2n) is 7.70. The van der Waals surface area contributed by atoms with Crippen molar-refractivity contribution in [2.75, 3.05) is 6.61 Å². The molecule has 0 aromatic carbocycles. The van der Waals surface area contributed by atoms with Crippen LogP contribution in [-0.2, 0) is 11.3 Å². The van der Waals surface area contributed by atoms with Gasteiger partial charge in [0.05, 0.1) is 17.1 Å². The van der Waals surface area contributed by atoms with Crippen LogP contribution in [0.5, 0.6) is 0 Å². The lowest BCUT2D eigenvalue weighted by atomic mass is 9.48. The van der Waals surface area contributed by atoms with Gasteiger partial charge in [0.2, 0.25) is 5.91 Å². The SMILES string of the molecule is O=C(Cn1cc([N+](=O)[O-])cn1)NC1(CO)C2CC3CC(C2)CC1C3. The summed E-state index contributed by atoms with van der Waals surface area (Å²) in [6, 6.07) is 0. The van der Waals surface area contributed by atoms with E-state index in [1.54, 1.807) is 0 Å². The topological polar surface area (TPSA) is 110 Å². The van der Waals surface area contributed by atoms with Crippen molar-refractivity contribution in [1.29, 1.82) is 0 Å². The summed E-state index contributed by atoms with van der Waals surface area (Å²) >= 11 is 0. The highest BCUT2D eigenvalue weighted by atomic mass is 16.6. The molecule has 1 aromatic heterocycles. The third-order valence-electron chi connectivity index (χ3n) is 6.36. The zero-order valence-corrected chi connectivity index (χ0v) is 13.4. The number of aliphatic hydroxyl groups excluding tert-OH is 1. The van der Waals surface area contributed by atoms with E-state index < -0.39 is 10.5 Å². The van der Waals surface area contributed by atoms with Crippen molar-refractivity contribution < 1.29 is 14.8 Å². The zero-order valence-electron chi connectivity index (χ0n) is 13.4. The van der Waals surface area contributed by atoms with Crippen LogP contribution in [0.2, 0.25) is 0 Å². The summed E-state index contributed by atoms with van der Waals surface area (Å²) < 4.78 is 1.27. The summed E-state index contributed by atoms with van der Waals surface area (Å²) in [7, 11) is 0. The van der Waals surface area contributed by atoms with Crippen molar-refractivity contribution in [2.45, 2.75) is 44.2 Å². The highest BCUT2D eigenvalue weighted by molar-refractivity contribution is 5.76. The highest BCUT2D eigenvalue weighted by Gasteiger charge is 2.57. The Balaban J connectivity index is 1.48. The number of nitro groups is 1. The fourth-order valence-corrected chi connectivity index (χ4v) is 5.51. The fourth-order valence-electron chi connectivity index (χ4n) is 5.51. The van der Waals surface area contributed by atoms with Crippen LogP contribution < -0.4 is 5.32 Å². The largest absolute Gasteiger partial charge is 0.394 e. The lowest BCUT2D eigenvalue weighted by Crippen LogP contribution is -2.68. The molecule has 8 heteroatoms. The molecule has 0 spiro atoms. The third-order valence-corrected chi connectivity index (χ3v) is 6.36. The van der Waals surface area contributed by atoms with Crippen LogP contribution >= 0.6 is 0 Å². The van der Waals surface area contributed by atoms with Crippen molar-refractivity contribution in [3.05, 3.63) is 22.5 Å². The molecule has 4 saturated carbocycles. The Morgan fingerprint density at radius 3 is 2.46 bits per heavy atom. The number of amides is 1. The van der Waals surface area contributed by atoms with Gasteiger partial charge in [-0.3, -0.25) is 19.6 Å². The number of rotatable bonds is 5. The first kappa shape index (κ1) is 15.6. The first-order valence-corrected chi connectivity index (χ1v) is 8.59. The van der Waals surface area contributed by atoms with Crippen molar-refractivity contribution in [2.24, 2.45) is 23.7 Å². The molecule has 4 fully saturated rings. The van der Waals surface area contributed by atoms with Crippen LogP contribution in [0.25, 0.3) is 0 Å². The predicted molar refractivity (Wildman–Crippen MR) is 83.9 cm³/mol. The molecular formula is C16H22N4O4. The predicted octanol–water partition coefficient (Wildman–Crippen LogP) is 1.09. The standard InChI is InChI=1S/C16H22N4O4/c21-9-16(12-2-10-1-11(4-12)5-13(16)3-10)18-15(22)8-19-7-14(6-17-19)20(23)24/h6-7,10-13,21H,1-5,8-9H2,(H,18,22). The maximum Gasteiger partial charge on any atom is 0.307 e. The van der Waals surface area contributed by atoms with Crippen molar-refractivity contribution in [3.63, 3.8) is 0 Å². The number of carbonyl (C=O) groups is 1. The van der Waals surface area contributed by atoms with E-state index in [1.807, 2.05) is 0 Å². The number of nitrogens with one attached hydrogen (secondary N) is 1. The Bertz CT molecular complexity index is 643. The molecule has 4 bridgehead atoms. The van der Waals surface area contributed by atoms with Crippen molar-refractivity contribution in [3.8, 4) is 0 Å². The van der Waals surface area contributed by atoms with Crippen molar-refractivity contribution in [1.82, 2.24) is 15.1 Å². The van der Waals surface area contributed by atoms with Crippen LogP contribution in [0.3, 0.4) is 0 Å². The number of aliphatic hydroxyl groups is 1. The Kier molecular flexibility index (Phi) is 3.59. The molecule has 2 N–H and O–H groups in total. The van der Waals surface area contributed by atoms with Gasteiger partial charge < -0.3 is 10.4 Å². The van der Waals surface area contributed by atoms with E-state index in [0.717, 1.165) is 43.7 Å². The van der Waals surface area contributed by atoms with Crippen LogP contribution in [0.1, 0.15) is 32.1 Å². The van der Waals surface area contributed by atoms with E-state index >= 15 is 0 Å². The monoisotopic (exact) mass is 334 g/mol.